The maximum Gasteiger partial charge on any atom is 0.196 e. The van der Waals surface area contributed by atoms with E-state index in [1.54, 1.807) is 14.2 Å². The van der Waals surface area contributed by atoms with E-state index in [-0.39, 0.29) is 29.4 Å². The van der Waals surface area contributed by atoms with Crippen LogP contribution in [-0.4, -0.2) is 45.5 Å². The second kappa shape index (κ2) is 9.32. The third kappa shape index (κ3) is 4.45. The van der Waals surface area contributed by atoms with Gasteiger partial charge in [0.25, 0.3) is 0 Å². The number of rotatable bonds is 5. The summed E-state index contributed by atoms with van der Waals surface area (Å²) in [6.45, 7) is 8.18. The van der Waals surface area contributed by atoms with Crippen LogP contribution in [0.2, 0.25) is 0 Å². The van der Waals surface area contributed by atoms with Gasteiger partial charge in [-0.3, -0.25) is 4.99 Å². The van der Waals surface area contributed by atoms with Gasteiger partial charge >= 0.3 is 0 Å². The molecule has 3 rings (SSSR count). The number of ether oxygens (including phenoxy) is 3. The average molecular weight is 489 g/mol. The van der Waals surface area contributed by atoms with Crippen LogP contribution in [0, 0.1) is 11.3 Å². The minimum atomic E-state index is 0. The maximum absolute atomic E-state index is 6.01. The number of benzene rings is 1. The summed E-state index contributed by atoms with van der Waals surface area (Å²) in [7, 11) is 3.28. The highest BCUT2D eigenvalue weighted by Gasteiger charge is 2.58. The van der Waals surface area contributed by atoms with Crippen molar-refractivity contribution in [2.45, 2.75) is 45.8 Å². The lowest BCUT2D eigenvalue weighted by molar-refractivity contribution is -0.188. The van der Waals surface area contributed by atoms with Crippen LogP contribution in [0.15, 0.2) is 23.2 Å². The van der Waals surface area contributed by atoms with E-state index in [1.165, 1.54) is 6.42 Å². The molecule has 3 atom stereocenters. The smallest absolute Gasteiger partial charge is 0.196 e. The van der Waals surface area contributed by atoms with E-state index in [1.807, 2.05) is 25.1 Å². The summed E-state index contributed by atoms with van der Waals surface area (Å²) in [5.41, 5.74) is 1.01. The fraction of sp³-hybridized carbons (Fsp3) is 0.650. The standard InChI is InChI=1S/C20H31N3O3.HI/c1-6-21-19(22-13-9-10-15(24-4)16(12-13)25-5)23-17-14-8-7-11-26-18(14)20(17,2)3;/h9-10,12,14,17-18H,6-8,11H2,1-5H3,(H2,21,22,23);1H. The normalized spacial score (nSPS) is 26.1. The van der Waals surface area contributed by atoms with Crippen LogP contribution in [0.5, 0.6) is 11.5 Å². The van der Waals surface area contributed by atoms with Gasteiger partial charge in [0.05, 0.1) is 20.3 Å². The molecule has 1 aromatic carbocycles. The molecule has 152 valence electrons. The highest BCUT2D eigenvalue weighted by molar-refractivity contribution is 14.0. The van der Waals surface area contributed by atoms with Crippen LogP contribution in [0.4, 0.5) is 5.69 Å². The lowest BCUT2D eigenvalue weighted by atomic mass is 9.55. The molecule has 0 bridgehead atoms. The van der Waals surface area contributed by atoms with Gasteiger partial charge in [0.1, 0.15) is 0 Å². The van der Waals surface area contributed by atoms with Crippen LogP contribution in [0.1, 0.15) is 33.6 Å². The van der Waals surface area contributed by atoms with Crippen LogP contribution < -0.4 is 20.1 Å². The monoisotopic (exact) mass is 489 g/mol. The third-order valence-electron chi connectivity index (χ3n) is 5.59. The molecule has 2 N–H and O–H groups in total. The highest BCUT2D eigenvalue weighted by atomic mass is 127. The molecule has 3 unspecified atom stereocenters. The Balaban J connectivity index is 0.00000261. The number of hydrogen-bond donors (Lipinski definition) is 2. The van der Waals surface area contributed by atoms with Gasteiger partial charge in [-0.15, -0.1) is 24.0 Å². The Hall–Kier alpha value is -1.22. The average Bonchev–Trinajstić information content (AvgIpc) is 2.66. The molecule has 1 saturated heterocycles. The largest absolute Gasteiger partial charge is 0.493 e. The van der Waals surface area contributed by atoms with E-state index >= 15 is 0 Å². The molecular formula is C20H32IN3O3. The summed E-state index contributed by atoms with van der Waals surface area (Å²) in [5.74, 6) is 2.75. The van der Waals surface area contributed by atoms with Crippen molar-refractivity contribution in [3.63, 3.8) is 0 Å². The summed E-state index contributed by atoms with van der Waals surface area (Å²) in [5, 5.41) is 7.05. The molecule has 0 aromatic heterocycles. The summed E-state index contributed by atoms with van der Waals surface area (Å²) >= 11 is 0. The Morgan fingerprint density at radius 3 is 2.67 bits per heavy atom. The molecule has 7 heteroatoms. The van der Waals surface area contributed by atoms with Crippen molar-refractivity contribution >= 4 is 35.6 Å². The molecule has 1 heterocycles. The number of fused-ring (bicyclic) bond motifs is 1. The number of methoxy groups -OCH3 is 2. The molecule has 6 nitrogen and oxygen atoms in total. The molecular weight excluding hydrogens is 457 g/mol. The number of anilines is 1. The first-order valence-corrected chi connectivity index (χ1v) is 9.43. The van der Waals surface area contributed by atoms with Gasteiger partial charge in [0.2, 0.25) is 0 Å². The first-order valence-electron chi connectivity index (χ1n) is 9.43. The van der Waals surface area contributed by atoms with Gasteiger partial charge < -0.3 is 24.8 Å². The van der Waals surface area contributed by atoms with Crippen molar-refractivity contribution < 1.29 is 14.2 Å². The molecule has 0 radical (unpaired) electrons. The Bertz CT molecular complexity index is 666. The van der Waals surface area contributed by atoms with E-state index in [4.69, 9.17) is 14.2 Å². The zero-order valence-electron chi connectivity index (χ0n) is 16.9. The quantitative estimate of drug-likeness (QED) is 0.373. The van der Waals surface area contributed by atoms with Gasteiger partial charge in [-0.05, 0) is 31.9 Å². The van der Waals surface area contributed by atoms with Gasteiger partial charge in [0, 0.05) is 42.3 Å². The number of guanidine groups is 1. The molecule has 27 heavy (non-hydrogen) atoms. The molecule has 0 amide bonds. The van der Waals surface area contributed by atoms with Crippen molar-refractivity contribution in [3.8, 4) is 11.5 Å². The number of nitrogens with zero attached hydrogens (tertiary/aromatic N) is 1. The fourth-order valence-corrected chi connectivity index (χ4v) is 4.29. The van der Waals surface area contributed by atoms with E-state index in [0.717, 1.165) is 24.7 Å². The SMILES string of the molecule is CCN=C(Nc1ccc(OC)c(OC)c1)NC1C2CCCOC2C1(C)C.I. The second-order valence-corrected chi connectivity index (χ2v) is 7.56. The third-order valence-corrected chi connectivity index (χ3v) is 5.59. The van der Waals surface area contributed by atoms with Gasteiger partial charge in [-0.1, -0.05) is 13.8 Å². The van der Waals surface area contributed by atoms with E-state index in [0.29, 0.717) is 36.1 Å². The topological polar surface area (TPSA) is 64.1 Å². The number of halogens is 1. The lowest BCUT2D eigenvalue weighted by Crippen LogP contribution is -2.70. The van der Waals surface area contributed by atoms with Crippen LogP contribution >= 0.6 is 24.0 Å². The summed E-state index contributed by atoms with van der Waals surface area (Å²) in [4.78, 5) is 4.62. The van der Waals surface area contributed by atoms with Crippen molar-refractivity contribution in [1.82, 2.24) is 5.32 Å². The zero-order chi connectivity index (χ0) is 18.7. The Kier molecular flexibility index (Phi) is 7.62. The van der Waals surface area contributed by atoms with E-state index in [9.17, 15) is 0 Å². The number of aliphatic imine (C=N–C) groups is 1. The van der Waals surface area contributed by atoms with Gasteiger partial charge in [-0.25, -0.2) is 0 Å². The summed E-state index contributed by atoms with van der Waals surface area (Å²) in [6, 6.07) is 6.13. The number of hydrogen-bond acceptors (Lipinski definition) is 4. The van der Waals surface area contributed by atoms with Gasteiger partial charge in [0.15, 0.2) is 17.5 Å². The Morgan fingerprint density at radius 1 is 1.26 bits per heavy atom. The summed E-state index contributed by atoms with van der Waals surface area (Å²) < 4.78 is 16.7. The minimum Gasteiger partial charge on any atom is -0.493 e. The molecule has 1 aliphatic carbocycles. The molecule has 1 aromatic rings. The zero-order valence-corrected chi connectivity index (χ0v) is 19.2. The fourth-order valence-electron chi connectivity index (χ4n) is 4.29. The molecule has 1 saturated carbocycles. The second-order valence-electron chi connectivity index (χ2n) is 7.56. The molecule has 2 fully saturated rings. The molecule has 0 spiro atoms. The van der Waals surface area contributed by atoms with E-state index in [2.05, 4.69) is 29.5 Å². The maximum atomic E-state index is 6.01. The first kappa shape index (κ1) is 22.1. The lowest BCUT2D eigenvalue weighted by Gasteiger charge is -2.60. The number of nitrogens with one attached hydrogen (secondary N) is 2. The predicted octanol–water partition coefficient (Wildman–Crippen LogP) is 3.90. The van der Waals surface area contributed by atoms with Crippen LogP contribution in [0.25, 0.3) is 0 Å². The first-order chi connectivity index (χ1) is 12.5. The Morgan fingerprint density at radius 2 is 2.00 bits per heavy atom. The summed E-state index contributed by atoms with van der Waals surface area (Å²) in [6.07, 6.45) is 2.69. The van der Waals surface area contributed by atoms with Crippen LogP contribution in [0.3, 0.4) is 0 Å². The highest BCUT2D eigenvalue weighted by Crippen LogP contribution is 2.51. The van der Waals surface area contributed by atoms with Gasteiger partial charge in [-0.2, -0.15) is 0 Å². The van der Waals surface area contributed by atoms with Crippen LogP contribution in [-0.2, 0) is 4.74 Å². The molecule has 1 aliphatic heterocycles. The minimum absolute atomic E-state index is 0. The molecule has 2 aliphatic rings. The van der Waals surface area contributed by atoms with Crippen molar-refractivity contribution in [2.24, 2.45) is 16.3 Å². The van der Waals surface area contributed by atoms with Crippen molar-refractivity contribution in [1.29, 1.82) is 0 Å². The Labute approximate surface area is 179 Å². The van der Waals surface area contributed by atoms with Crippen molar-refractivity contribution in [2.75, 3.05) is 32.7 Å². The van der Waals surface area contributed by atoms with Crippen molar-refractivity contribution in [3.05, 3.63) is 18.2 Å². The van der Waals surface area contributed by atoms with E-state index < -0.39 is 0 Å². The predicted molar refractivity (Wildman–Crippen MR) is 120 cm³/mol.